The third-order valence-electron chi connectivity index (χ3n) is 8.15. The molecule has 1 aliphatic carbocycles. The van der Waals surface area contributed by atoms with Crippen molar-refractivity contribution < 1.29 is 23.5 Å². The van der Waals surface area contributed by atoms with Crippen molar-refractivity contribution in [1.82, 2.24) is 25.5 Å². The Morgan fingerprint density at radius 1 is 1.21 bits per heavy atom. The number of aromatic nitrogens is 2. The number of pyridine rings is 2. The second-order valence-electron chi connectivity index (χ2n) is 11.2. The number of amides is 2. The summed E-state index contributed by atoms with van der Waals surface area (Å²) in [6.45, 7) is 5.21. The number of nitrogens with one attached hydrogen (secondary N) is 2. The van der Waals surface area contributed by atoms with Gasteiger partial charge in [-0.3, -0.25) is 9.59 Å². The summed E-state index contributed by atoms with van der Waals surface area (Å²) >= 11 is 1.29. The molecule has 220 valence electrons. The van der Waals surface area contributed by atoms with E-state index in [1.54, 1.807) is 30.7 Å². The first kappa shape index (κ1) is 28.4. The van der Waals surface area contributed by atoms with Gasteiger partial charge in [-0.15, -0.1) is 11.8 Å². The van der Waals surface area contributed by atoms with Crippen LogP contribution in [0.1, 0.15) is 47.0 Å². The fraction of sp³-hybridized carbons (Fsp3) is 0.419. The van der Waals surface area contributed by atoms with Crippen molar-refractivity contribution in [2.45, 2.75) is 43.2 Å². The molecule has 2 aliphatic heterocycles. The molecule has 42 heavy (non-hydrogen) atoms. The summed E-state index contributed by atoms with van der Waals surface area (Å²) in [5.41, 5.74) is 2.03. The number of hydrogen-bond acceptors (Lipinski definition) is 8. The number of hydrogen-bond donors (Lipinski definition) is 2. The van der Waals surface area contributed by atoms with E-state index >= 15 is 0 Å². The Balaban J connectivity index is 1.14. The molecule has 2 aromatic heterocycles. The number of ether oxygens (including phenoxy) is 2. The predicted molar refractivity (Wildman–Crippen MR) is 158 cm³/mol. The normalized spacial score (nSPS) is 19.2. The second kappa shape index (κ2) is 11.9. The highest BCUT2D eigenvalue weighted by molar-refractivity contribution is 7.98. The lowest BCUT2D eigenvalue weighted by Crippen LogP contribution is -2.65. The van der Waals surface area contributed by atoms with Crippen LogP contribution in [0.15, 0.2) is 53.6 Å². The van der Waals surface area contributed by atoms with E-state index < -0.39 is 0 Å². The van der Waals surface area contributed by atoms with Crippen molar-refractivity contribution in [1.29, 1.82) is 0 Å². The van der Waals surface area contributed by atoms with Crippen molar-refractivity contribution in [2.75, 3.05) is 39.0 Å². The molecule has 3 aromatic rings. The summed E-state index contributed by atoms with van der Waals surface area (Å²) < 4.78 is 25.9. The minimum atomic E-state index is -0.316. The van der Waals surface area contributed by atoms with Crippen molar-refractivity contribution in [3.8, 4) is 22.9 Å². The number of thioether (sulfide) groups is 1. The fourth-order valence-corrected chi connectivity index (χ4v) is 6.54. The molecule has 9 nitrogen and oxygen atoms in total. The minimum Gasteiger partial charge on any atom is -0.488 e. The van der Waals surface area contributed by atoms with Crippen LogP contribution in [0.25, 0.3) is 11.3 Å². The van der Waals surface area contributed by atoms with E-state index in [4.69, 9.17) is 14.5 Å². The Hall–Kier alpha value is -3.70. The first-order valence-corrected chi connectivity index (χ1v) is 15.5. The molecule has 3 aliphatic rings. The Kier molecular flexibility index (Phi) is 8.04. The Morgan fingerprint density at radius 3 is 2.79 bits per heavy atom. The first-order chi connectivity index (χ1) is 20.4. The number of carbonyl (C=O) groups excluding carboxylic acids is 2. The first-order valence-electron chi connectivity index (χ1n) is 14.3. The van der Waals surface area contributed by atoms with Gasteiger partial charge in [-0.1, -0.05) is 0 Å². The van der Waals surface area contributed by atoms with Gasteiger partial charge in [-0.05, 0) is 81.5 Å². The largest absolute Gasteiger partial charge is 0.488 e. The van der Waals surface area contributed by atoms with E-state index in [-0.39, 0.29) is 40.9 Å². The lowest BCUT2D eigenvalue weighted by atomic mass is 9.61. The molecule has 0 bridgehead atoms. The molecule has 4 heterocycles. The van der Waals surface area contributed by atoms with Gasteiger partial charge in [0.05, 0.1) is 17.9 Å². The van der Waals surface area contributed by atoms with Crippen LogP contribution in [0.4, 0.5) is 4.39 Å². The lowest BCUT2D eigenvalue weighted by Gasteiger charge is -2.58. The third kappa shape index (κ3) is 5.67. The fourth-order valence-electron chi connectivity index (χ4n) is 6.03. The molecule has 6 rings (SSSR count). The number of likely N-dealkylation sites (tertiary alicyclic amines) is 1. The van der Waals surface area contributed by atoms with Gasteiger partial charge in [0, 0.05) is 47.7 Å². The topological polar surface area (TPSA) is 106 Å². The zero-order valence-electron chi connectivity index (χ0n) is 23.7. The van der Waals surface area contributed by atoms with E-state index in [0.29, 0.717) is 53.0 Å². The second-order valence-corrected chi connectivity index (χ2v) is 12.0. The Bertz CT molecular complexity index is 1480. The van der Waals surface area contributed by atoms with Crippen LogP contribution >= 0.6 is 11.8 Å². The number of nitrogens with zero attached hydrogens (tertiary/aromatic N) is 3. The van der Waals surface area contributed by atoms with Crippen molar-refractivity contribution in [2.24, 2.45) is 5.41 Å². The Labute approximate surface area is 248 Å². The van der Waals surface area contributed by atoms with Crippen molar-refractivity contribution in [3.63, 3.8) is 0 Å². The highest BCUT2D eigenvalue weighted by atomic mass is 32.2. The molecule has 2 saturated heterocycles. The maximum absolute atomic E-state index is 13.9. The number of benzene rings is 1. The highest BCUT2D eigenvalue weighted by Crippen LogP contribution is 2.50. The summed E-state index contributed by atoms with van der Waals surface area (Å²) in [7, 11) is 0. The summed E-state index contributed by atoms with van der Waals surface area (Å²) in [5.74, 6) is 0.224. The smallest absolute Gasteiger partial charge is 0.274 e. The van der Waals surface area contributed by atoms with E-state index in [9.17, 15) is 14.0 Å². The molecule has 1 saturated carbocycles. The van der Waals surface area contributed by atoms with Gasteiger partial charge in [0.1, 0.15) is 11.9 Å². The van der Waals surface area contributed by atoms with Gasteiger partial charge < -0.3 is 25.0 Å². The van der Waals surface area contributed by atoms with Crippen molar-refractivity contribution in [3.05, 3.63) is 65.7 Å². The molecule has 0 radical (unpaired) electrons. The highest BCUT2D eigenvalue weighted by Gasteiger charge is 2.55. The van der Waals surface area contributed by atoms with Gasteiger partial charge in [0.15, 0.2) is 11.4 Å². The Morgan fingerprint density at radius 2 is 2.05 bits per heavy atom. The third-order valence-corrected chi connectivity index (χ3v) is 8.90. The van der Waals surface area contributed by atoms with E-state index in [1.165, 1.54) is 17.8 Å². The molecule has 0 unspecified atom stereocenters. The number of halogens is 1. The molecule has 1 spiro atoms. The molecule has 1 aromatic carbocycles. The van der Waals surface area contributed by atoms with E-state index in [1.807, 2.05) is 30.0 Å². The van der Waals surface area contributed by atoms with Crippen LogP contribution in [0, 0.1) is 11.2 Å². The maximum Gasteiger partial charge on any atom is 0.274 e. The molecular weight excluding hydrogens is 557 g/mol. The summed E-state index contributed by atoms with van der Waals surface area (Å²) in [6.07, 6.45) is 5.79. The van der Waals surface area contributed by atoms with Gasteiger partial charge >= 0.3 is 0 Å². The summed E-state index contributed by atoms with van der Waals surface area (Å²) in [5, 5.41) is 6.36. The van der Waals surface area contributed by atoms with Gasteiger partial charge in [0.25, 0.3) is 11.8 Å². The maximum atomic E-state index is 13.9. The van der Waals surface area contributed by atoms with Gasteiger partial charge in [-0.2, -0.15) is 0 Å². The quantitative estimate of drug-likeness (QED) is 0.357. The van der Waals surface area contributed by atoms with Crippen LogP contribution in [0.2, 0.25) is 0 Å². The summed E-state index contributed by atoms with van der Waals surface area (Å²) in [4.78, 5) is 37.7. The standard InChI is InChI=1S/C31H34FN5O4S/c1-3-40-29-22(5-4-11-34-29)24-8-9-25(27(36-24)28(38)35-20-10-12-33-16-20)41-21-14-31(15-21)17-37(18-31)30(39)19-6-7-23(32)26(13-19)42-2/h4-9,11,13,20-21,33H,3,10,12,14-18H2,1-2H3,(H,35,38)/t20-/m1/s1. The van der Waals surface area contributed by atoms with Gasteiger partial charge in [-0.25, -0.2) is 14.4 Å². The van der Waals surface area contributed by atoms with Crippen molar-refractivity contribution >= 4 is 23.6 Å². The monoisotopic (exact) mass is 591 g/mol. The van der Waals surface area contributed by atoms with E-state index in [2.05, 4.69) is 15.6 Å². The summed E-state index contributed by atoms with van der Waals surface area (Å²) in [6, 6.07) is 11.9. The average Bonchev–Trinajstić information content (AvgIpc) is 3.47. The zero-order valence-corrected chi connectivity index (χ0v) is 24.5. The van der Waals surface area contributed by atoms with Crippen LogP contribution in [0.3, 0.4) is 0 Å². The molecule has 2 N–H and O–H groups in total. The van der Waals surface area contributed by atoms with Crippen LogP contribution in [-0.2, 0) is 0 Å². The molecule has 11 heteroatoms. The van der Waals surface area contributed by atoms with Gasteiger partial charge in [0.2, 0.25) is 5.88 Å². The van der Waals surface area contributed by atoms with Crippen LogP contribution in [-0.4, -0.2) is 77.9 Å². The van der Waals surface area contributed by atoms with Crippen LogP contribution < -0.4 is 20.1 Å². The lowest BCUT2D eigenvalue weighted by molar-refractivity contribution is -0.103. The zero-order chi connectivity index (χ0) is 29.3. The number of rotatable bonds is 9. The minimum absolute atomic E-state index is 0.0100. The molecule has 2 amide bonds. The van der Waals surface area contributed by atoms with E-state index in [0.717, 1.165) is 32.4 Å². The SMILES string of the molecule is CCOc1ncccc1-c1ccc(OC2CC3(C2)CN(C(=O)c2ccc(F)c(SC)c2)C3)c(C(=O)N[C@@H]2CCNC2)n1. The number of carbonyl (C=O) groups is 2. The predicted octanol–water partition coefficient (Wildman–Crippen LogP) is 4.18. The molecule has 1 atom stereocenters. The van der Waals surface area contributed by atoms with Crippen LogP contribution in [0.5, 0.6) is 11.6 Å². The molecular formula is C31H34FN5O4S. The molecule has 3 fully saturated rings. The average molecular weight is 592 g/mol.